The van der Waals surface area contributed by atoms with Crippen LogP contribution in [0.3, 0.4) is 0 Å². The van der Waals surface area contributed by atoms with Crippen LogP contribution in [0, 0.1) is 0 Å². The van der Waals surface area contributed by atoms with Crippen LogP contribution in [0.2, 0.25) is 0 Å². The molecule has 1 aromatic rings. The first kappa shape index (κ1) is 17.1. The predicted octanol–water partition coefficient (Wildman–Crippen LogP) is -0.660. The van der Waals surface area contributed by atoms with Gasteiger partial charge in [0, 0.05) is 38.6 Å². The molecule has 0 amide bonds. The Balaban J connectivity index is 2.41. The molecule has 0 radical (unpaired) electrons. The highest BCUT2D eigenvalue weighted by atomic mass is 32.2. The normalized spacial score (nSPS) is 12.2. The third kappa shape index (κ3) is 5.22. The van der Waals surface area contributed by atoms with E-state index in [1.165, 1.54) is 0 Å². The van der Waals surface area contributed by atoms with Crippen molar-refractivity contribution in [3.8, 4) is 0 Å². The van der Waals surface area contributed by atoms with Gasteiger partial charge in [0.2, 0.25) is 10.0 Å². The van der Waals surface area contributed by atoms with E-state index in [9.17, 15) is 8.42 Å². The molecular formula is C12H24N4O3S. The maximum Gasteiger partial charge on any atom is 0.242 e. The van der Waals surface area contributed by atoms with Gasteiger partial charge in [-0.05, 0) is 20.2 Å². The molecule has 116 valence electrons. The molecule has 0 saturated carbocycles. The molecule has 0 spiro atoms. The minimum atomic E-state index is -3.49. The van der Waals surface area contributed by atoms with Crippen molar-refractivity contribution in [1.29, 1.82) is 0 Å². The molecule has 0 fully saturated rings. The van der Waals surface area contributed by atoms with Crippen LogP contribution in [-0.2, 0) is 28.4 Å². The van der Waals surface area contributed by atoms with E-state index in [0.29, 0.717) is 19.8 Å². The van der Waals surface area contributed by atoms with E-state index in [1.54, 1.807) is 23.9 Å². The van der Waals surface area contributed by atoms with Gasteiger partial charge in [0.25, 0.3) is 0 Å². The summed E-state index contributed by atoms with van der Waals surface area (Å²) in [7, 11) is 2.19. The summed E-state index contributed by atoms with van der Waals surface area (Å²) in [5.41, 5.74) is 6.30. The molecule has 0 aromatic carbocycles. The Morgan fingerprint density at radius 3 is 2.65 bits per heavy atom. The Morgan fingerprint density at radius 2 is 2.10 bits per heavy atom. The Kier molecular flexibility index (Phi) is 6.63. The second kappa shape index (κ2) is 7.75. The fourth-order valence-electron chi connectivity index (χ4n) is 1.61. The molecule has 20 heavy (non-hydrogen) atoms. The molecule has 1 heterocycles. The lowest BCUT2D eigenvalue weighted by Crippen LogP contribution is -2.28. The first-order valence-corrected chi connectivity index (χ1v) is 7.92. The van der Waals surface area contributed by atoms with E-state index in [0.717, 1.165) is 12.2 Å². The molecule has 0 saturated heterocycles. The lowest BCUT2D eigenvalue weighted by molar-refractivity contribution is 0.122. The van der Waals surface area contributed by atoms with Crippen LogP contribution in [0.4, 0.5) is 0 Å². The maximum absolute atomic E-state index is 12.0. The van der Waals surface area contributed by atoms with E-state index in [-0.39, 0.29) is 11.4 Å². The zero-order valence-corrected chi connectivity index (χ0v) is 13.1. The van der Waals surface area contributed by atoms with Crippen LogP contribution in [-0.4, -0.2) is 58.3 Å². The Labute approximate surface area is 120 Å². The molecule has 0 aliphatic carbocycles. The average Bonchev–Trinajstić information content (AvgIpc) is 2.75. The van der Waals surface area contributed by atoms with E-state index in [4.69, 9.17) is 10.5 Å². The second-order valence-electron chi connectivity index (χ2n) is 4.80. The van der Waals surface area contributed by atoms with Crippen molar-refractivity contribution in [3.63, 3.8) is 0 Å². The molecule has 0 atom stereocenters. The third-order valence-electron chi connectivity index (χ3n) is 2.82. The quantitative estimate of drug-likeness (QED) is 0.591. The molecule has 0 unspecified atom stereocenters. The number of nitrogens with one attached hydrogen (secondary N) is 1. The van der Waals surface area contributed by atoms with Gasteiger partial charge in [-0.1, -0.05) is 0 Å². The van der Waals surface area contributed by atoms with Crippen molar-refractivity contribution >= 4 is 10.0 Å². The number of aryl methyl sites for hydroxylation is 1. The van der Waals surface area contributed by atoms with Gasteiger partial charge < -0.3 is 19.9 Å². The fourth-order valence-corrected chi connectivity index (χ4v) is 2.71. The molecule has 0 bridgehead atoms. The first-order valence-electron chi connectivity index (χ1n) is 6.44. The molecule has 1 aromatic heterocycles. The summed E-state index contributed by atoms with van der Waals surface area (Å²) in [5, 5.41) is 0. The van der Waals surface area contributed by atoms with Crippen LogP contribution in [0.1, 0.15) is 5.69 Å². The number of nitrogens with zero attached hydrogens (tertiary/aromatic N) is 2. The highest BCUT2D eigenvalue weighted by Crippen LogP contribution is 2.12. The number of hydrogen-bond donors (Lipinski definition) is 2. The number of hydrogen-bond acceptors (Lipinski definition) is 5. The summed E-state index contributed by atoms with van der Waals surface area (Å²) in [6.07, 6.45) is 1.55. The van der Waals surface area contributed by atoms with Gasteiger partial charge in [0.05, 0.1) is 18.1 Å². The number of likely N-dealkylation sites (N-methyl/N-ethyl adjacent to an activating group) is 1. The van der Waals surface area contributed by atoms with Crippen molar-refractivity contribution in [2.24, 2.45) is 12.8 Å². The number of nitrogens with two attached hydrogens (primary N) is 1. The van der Waals surface area contributed by atoms with Gasteiger partial charge in [0.15, 0.2) is 0 Å². The summed E-state index contributed by atoms with van der Waals surface area (Å²) in [6.45, 7) is 2.30. The van der Waals surface area contributed by atoms with Gasteiger partial charge in [-0.25, -0.2) is 13.1 Å². The monoisotopic (exact) mass is 304 g/mol. The average molecular weight is 304 g/mol. The van der Waals surface area contributed by atoms with Crippen molar-refractivity contribution in [1.82, 2.24) is 14.2 Å². The van der Waals surface area contributed by atoms with E-state index < -0.39 is 10.0 Å². The fraction of sp³-hybridized carbons (Fsp3) is 0.667. The Bertz CT molecular complexity index is 511. The Hall–Kier alpha value is -0.930. The summed E-state index contributed by atoms with van der Waals surface area (Å²) in [4.78, 5) is 2.23. The lowest BCUT2D eigenvalue weighted by atomic mass is 10.4. The van der Waals surface area contributed by atoms with E-state index >= 15 is 0 Å². The number of rotatable bonds is 9. The number of aromatic nitrogens is 1. The minimum Gasteiger partial charge on any atom is -0.379 e. The first-order chi connectivity index (χ1) is 9.36. The maximum atomic E-state index is 12.0. The van der Waals surface area contributed by atoms with Crippen molar-refractivity contribution in [3.05, 3.63) is 18.0 Å². The summed E-state index contributed by atoms with van der Waals surface area (Å²) in [6, 6.07) is 1.58. The van der Waals surface area contributed by atoms with Gasteiger partial charge in [-0.15, -0.1) is 0 Å². The highest BCUT2D eigenvalue weighted by molar-refractivity contribution is 7.89. The predicted molar refractivity (Wildman–Crippen MR) is 77.9 cm³/mol. The summed E-state index contributed by atoms with van der Waals surface area (Å²) >= 11 is 0. The van der Waals surface area contributed by atoms with Gasteiger partial charge in [-0.3, -0.25) is 0 Å². The lowest BCUT2D eigenvalue weighted by Gasteiger charge is -2.10. The zero-order valence-electron chi connectivity index (χ0n) is 12.3. The van der Waals surface area contributed by atoms with Gasteiger partial charge >= 0.3 is 0 Å². The molecule has 0 aliphatic heterocycles. The zero-order chi connectivity index (χ0) is 15.2. The molecular weight excluding hydrogens is 280 g/mol. The SMILES string of the molecule is CN(C)CCOCCNS(=O)(=O)c1cc(CN)n(C)c1. The van der Waals surface area contributed by atoms with Crippen LogP contribution >= 0.6 is 0 Å². The summed E-state index contributed by atoms with van der Waals surface area (Å²) in [5.74, 6) is 0. The number of ether oxygens (including phenoxy) is 1. The smallest absolute Gasteiger partial charge is 0.242 e. The topological polar surface area (TPSA) is 89.6 Å². The minimum absolute atomic E-state index is 0.230. The van der Waals surface area contributed by atoms with Crippen LogP contribution < -0.4 is 10.5 Å². The van der Waals surface area contributed by atoms with Crippen molar-refractivity contribution < 1.29 is 13.2 Å². The molecule has 0 aliphatic rings. The summed E-state index contributed by atoms with van der Waals surface area (Å²) < 4.78 is 33.6. The van der Waals surface area contributed by atoms with Gasteiger partial charge in [0.1, 0.15) is 0 Å². The standard InChI is InChI=1S/C12H24N4O3S/c1-15(2)5-7-19-6-4-14-20(17,18)12-8-11(9-13)16(3)10-12/h8,10,14H,4-7,9,13H2,1-3H3. The largest absolute Gasteiger partial charge is 0.379 e. The van der Waals surface area contributed by atoms with Crippen molar-refractivity contribution in [2.45, 2.75) is 11.4 Å². The van der Waals surface area contributed by atoms with E-state index in [1.807, 2.05) is 19.0 Å². The molecule has 1 rings (SSSR count). The van der Waals surface area contributed by atoms with Gasteiger partial charge in [-0.2, -0.15) is 0 Å². The van der Waals surface area contributed by atoms with Crippen LogP contribution in [0.15, 0.2) is 17.2 Å². The third-order valence-corrected chi connectivity index (χ3v) is 4.25. The molecule has 8 heteroatoms. The second-order valence-corrected chi connectivity index (χ2v) is 6.56. The van der Waals surface area contributed by atoms with Crippen molar-refractivity contribution in [2.75, 3.05) is 40.4 Å². The Morgan fingerprint density at radius 1 is 1.40 bits per heavy atom. The molecule has 3 N–H and O–H groups in total. The van der Waals surface area contributed by atoms with E-state index in [2.05, 4.69) is 4.72 Å². The highest BCUT2D eigenvalue weighted by Gasteiger charge is 2.16. The number of sulfonamides is 1. The van der Waals surface area contributed by atoms with Crippen LogP contribution in [0.5, 0.6) is 0 Å². The van der Waals surface area contributed by atoms with Crippen LogP contribution in [0.25, 0.3) is 0 Å². The molecule has 7 nitrogen and oxygen atoms in total.